The van der Waals surface area contributed by atoms with Gasteiger partial charge in [-0.25, -0.2) is 4.98 Å². The molecular formula is C22H26N4O3. The highest BCUT2D eigenvalue weighted by atomic mass is 16.5. The summed E-state index contributed by atoms with van der Waals surface area (Å²) in [5, 5.41) is 2.89. The third-order valence-corrected chi connectivity index (χ3v) is 5.09. The van der Waals surface area contributed by atoms with E-state index >= 15 is 0 Å². The van der Waals surface area contributed by atoms with Gasteiger partial charge in [0.2, 0.25) is 0 Å². The Kier molecular flexibility index (Phi) is 5.78. The fourth-order valence-corrected chi connectivity index (χ4v) is 3.48. The van der Waals surface area contributed by atoms with Crippen LogP contribution in [-0.4, -0.2) is 53.3 Å². The topological polar surface area (TPSA) is 68.6 Å². The van der Waals surface area contributed by atoms with Gasteiger partial charge in [-0.05, 0) is 42.8 Å². The molecule has 4 rings (SSSR count). The molecule has 1 aliphatic rings. The SMILES string of the molecule is Cc1cccc(OCC(=O)Nc2ccc3c(c2)nc(CN2CCOCC2)n3C)c1. The van der Waals surface area contributed by atoms with Crippen molar-refractivity contribution in [2.24, 2.45) is 7.05 Å². The molecule has 0 radical (unpaired) electrons. The number of imidazole rings is 1. The summed E-state index contributed by atoms with van der Waals surface area (Å²) in [6.07, 6.45) is 0. The van der Waals surface area contributed by atoms with E-state index in [0.717, 1.165) is 55.3 Å². The van der Waals surface area contributed by atoms with Crippen LogP contribution in [0.2, 0.25) is 0 Å². The second-order valence-corrected chi connectivity index (χ2v) is 7.33. The molecule has 0 unspecified atom stereocenters. The number of nitrogens with zero attached hydrogens (tertiary/aromatic N) is 3. The molecule has 1 saturated heterocycles. The molecule has 0 bridgehead atoms. The molecule has 1 aromatic heterocycles. The van der Waals surface area contributed by atoms with Gasteiger partial charge in [-0.2, -0.15) is 0 Å². The Balaban J connectivity index is 1.40. The maximum Gasteiger partial charge on any atom is 0.262 e. The van der Waals surface area contributed by atoms with Crippen LogP contribution in [0.3, 0.4) is 0 Å². The van der Waals surface area contributed by atoms with E-state index in [1.54, 1.807) is 0 Å². The summed E-state index contributed by atoms with van der Waals surface area (Å²) in [7, 11) is 2.03. The lowest BCUT2D eigenvalue weighted by Crippen LogP contribution is -2.36. The lowest BCUT2D eigenvalue weighted by Gasteiger charge is -2.26. The highest BCUT2D eigenvalue weighted by molar-refractivity contribution is 5.94. The lowest BCUT2D eigenvalue weighted by atomic mass is 10.2. The third-order valence-electron chi connectivity index (χ3n) is 5.09. The number of aryl methyl sites for hydroxylation is 2. The maximum atomic E-state index is 12.3. The van der Waals surface area contributed by atoms with E-state index in [2.05, 4.69) is 14.8 Å². The number of carbonyl (C=O) groups excluding carboxylic acids is 1. The van der Waals surface area contributed by atoms with Crippen molar-refractivity contribution in [1.82, 2.24) is 14.5 Å². The molecule has 152 valence electrons. The molecule has 0 saturated carbocycles. The number of aromatic nitrogens is 2. The van der Waals surface area contributed by atoms with Crippen LogP contribution in [0.25, 0.3) is 11.0 Å². The predicted octanol–water partition coefficient (Wildman–Crippen LogP) is 2.73. The molecule has 7 heteroatoms. The molecule has 2 heterocycles. The minimum atomic E-state index is -0.199. The van der Waals surface area contributed by atoms with Gasteiger partial charge in [0, 0.05) is 25.8 Å². The Morgan fingerprint density at radius 2 is 2.03 bits per heavy atom. The highest BCUT2D eigenvalue weighted by Gasteiger charge is 2.15. The normalized spacial score (nSPS) is 14.8. The number of amides is 1. The van der Waals surface area contributed by atoms with Gasteiger partial charge in [-0.3, -0.25) is 9.69 Å². The standard InChI is InChI=1S/C22H26N4O3/c1-16-4-3-5-18(12-16)29-15-22(27)23-17-6-7-20-19(13-17)24-21(25(20)2)14-26-8-10-28-11-9-26/h3-7,12-13H,8-11,14-15H2,1-2H3,(H,23,27). The molecule has 7 nitrogen and oxygen atoms in total. The number of fused-ring (bicyclic) bond motifs is 1. The number of carbonyl (C=O) groups is 1. The highest BCUT2D eigenvalue weighted by Crippen LogP contribution is 2.21. The summed E-state index contributed by atoms with van der Waals surface area (Å²) in [4.78, 5) is 19.4. The van der Waals surface area contributed by atoms with Crippen molar-refractivity contribution in [2.45, 2.75) is 13.5 Å². The number of morpholine rings is 1. The third kappa shape index (κ3) is 4.75. The van der Waals surface area contributed by atoms with E-state index in [1.165, 1.54) is 0 Å². The molecule has 3 aromatic rings. The molecule has 2 aromatic carbocycles. The molecule has 0 atom stereocenters. The van der Waals surface area contributed by atoms with E-state index in [1.807, 2.05) is 56.4 Å². The van der Waals surface area contributed by atoms with Crippen molar-refractivity contribution in [3.05, 3.63) is 53.9 Å². The van der Waals surface area contributed by atoms with E-state index in [4.69, 9.17) is 14.5 Å². The molecule has 0 spiro atoms. The Morgan fingerprint density at radius 3 is 2.83 bits per heavy atom. The zero-order valence-electron chi connectivity index (χ0n) is 16.9. The van der Waals surface area contributed by atoms with Crippen LogP contribution in [0, 0.1) is 6.92 Å². The first-order valence-electron chi connectivity index (χ1n) is 9.83. The summed E-state index contributed by atoms with van der Waals surface area (Å²) in [6.45, 7) is 6.13. The van der Waals surface area contributed by atoms with Crippen LogP contribution in [0.4, 0.5) is 5.69 Å². The van der Waals surface area contributed by atoms with Crippen molar-refractivity contribution >= 4 is 22.6 Å². The van der Waals surface area contributed by atoms with Gasteiger partial charge < -0.3 is 19.4 Å². The number of rotatable bonds is 6. The summed E-state index contributed by atoms with van der Waals surface area (Å²) < 4.78 is 13.1. The molecule has 0 aliphatic carbocycles. The minimum Gasteiger partial charge on any atom is -0.484 e. The second kappa shape index (κ2) is 8.63. The first kappa shape index (κ1) is 19.4. The molecule has 29 heavy (non-hydrogen) atoms. The summed E-state index contributed by atoms with van der Waals surface area (Å²) in [6, 6.07) is 13.4. The van der Waals surface area contributed by atoms with Gasteiger partial charge in [0.1, 0.15) is 11.6 Å². The Hall–Kier alpha value is -2.90. The van der Waals surface area contributed by atoms with Crippen molar-refractivity contribution in [3.8, 4) is 5.75 Å². The van der Waals surface area contributed by atoms with E-state index < -0.39 is 0 Å². The van der Waals surface area contributed by atoms with Crippen LogP contribution >= 0.6 is 0 Å². The average molecular weight is 394 g/mol. The summed E-state index contributed by atoms with van der Waals surface area (Å²) in [5.41, 5.74) is 3.72. The minimum absolute atomic E-state index is 0.0357. The van der Waals surface area contributed by atoms with Gasteiger partial charge in [0.15, 0.2) is 6.61 Å². The molecular weight excluding hydrogens is 368 g/mol. The van der Waals surface area contributed by atoms with Gasteiger partial charge in [-0.1, -0.05) is 12.1 Å². The monoisotopic (exact) mass is 394 g/mol. The zero-order valence-corrected chi connectivity index (χ0v) is 16.9. The smallest absolute Gasteiger partial charge is 0.262 e. The number of anilines is 1. The number of nitrogens with one attached hydrogen (secondary N) is 1. The van der Waals surface area contributed by atoms with Crippen LogP contribution in [0.15, 0.2) is 42.5 Å². The van der Waals surface area contributed by atoms with Crippen molar-refractivity contribution in [3.63, 3.8) is 0 Å². The molecule has 1 N–H and O–H groups in total. The number of hydrogen-bond donors (Lipinski definition) is 1. The van der Waals surface area contributed by atoms with E-state index in [0.29, 0.717) is 11.4 Å². The van der Waals surface area contributed by atoms with Gasteiger partial charge in [0.25, 0.3) is 5.91 Å². The van der Waals surface area contributed by atoms with Crippen LogP contribution in [-0.2, 0) is 23.1 Å². The number of ether oxygens (including phenoxy) is 2. The first-order valence-corrected chi connectivity index (χ1v) is 9.83. The van der Waals surface area contributed by atoms with Crippen LogP contribution in [0.5, 0.6) is 5.75 Å². The van der Waals surface area contributed by atoms with E-state index in [-0.39, 0.29) is 12.5 Å². The van der Waals surface area contributed by atoms with Crippen LogP contribution < -0.4 is 10.1 Å². The second-order valence-electron chi connectivity index (χ2n) is 7.33. The lowest BCUT2D eigenvalue weighted by molar-refractivity contribution is -0.118. The van der Waals surface area contributed by atoms with E-state index in [9.17, 15) is 4.79 Å². The summed E-state index contributed by atoms with van der Waals surface area (Å²) >= 11 is 0. The van der Waals surface area contributed by atoms with Crippen molar-refractivity contribution in [1.29, 1.82) is 0 Å². The average Bonchev–Trinajstić information content (AvgIpc) is 3.02. The van der Waals surface area contributed by atoms with Crippen LogP contribution in [0.1, 0.15) is 11.4 Å². The Bertz CT molecular complexity index is 1010. The fraction of sp³-hybridized carbons (Fsp3) is 0.364. The van der Waals surface area contributed by atoms with Gasteiger partial charge in [-0.15, -0.1) is 0 Å². The Labute approximate surface area is 170 Å². The molecule has 1 aliphatic heterocycles. The molecule has 1 amide bonds. The largest absolute Gasteiger partial charge is 0.484 e. The molecule has 1 fully saturated rings. The quantitative estimate of drug-likeness (QED) is 0.696. The number of benzene rings is 2. The Morgan fingerprint density at radius 1 is 1.21 bits per heavy atom. The summed E-state index contributed by atoms with van der Waals surface area (Å²) in [5.74, 6) is 1.50. The fourth-order valence-electron chi connectivity index (χ4n) is 3.48. The maximum absolute atomic E-state index is 12.3. The van der Waals surface area contributed by atoms with Gasteiger partial charge >= 0.3 is 0 Å². The number of hydrogen-bond acceptors (Lipinski definition) is 5. The predicted molar refractivity (Wildman–Crippen MR) is 112 cm³/mol. The van der Waals surface area contributed by atoms with Crippen molar-refractivity contribution < 1.29 is 14.3 Å². The first-order chi connectivity index (χ1) is 14.1. The van der Waals surface area contributed by atoms with Gasteiger partial charge in [0.05, 0.1) is 30.8 Å². The van der Waals surface area contributed by atoms with Crippen molar-refractivity contribution in [2.75, 3.05) is 38.2 Å². The zero-order chi connectivity index (χ0) is 20.2.